The highest BCUT2D eigenvalue weighted by atomic mass is 15.2. The van der Waals surface area contributed by atoms with Crippen LogP contribution in [0.4, 0.5) is 0 Å². The molecule has 0 radical (unpaired) electrons. The molecule has 0 saturated carbocycles. The van der Waals surface area contributed by atoms with Crippen LogP contribution in [0, 0.1) is 0 Å². The fourth-order valence-corrected chi connectivity index (χ4v) is 8.05. The van der Waals surface area contributed by atoms with Crippen molar-refractivity contribution < 1.29 is 0 Å². The lowest BCUT2D eigenvalue weighted by Gasteiger charge is -2.24. The molecular weight excluding hydrogens is 729 g/mol. The number of hydrogen-bond donors (Lipinski definition) is 1. The highest BCUT2D eigenvalue weighted by Crippen LogP contribution is 2.48. The Kier molecular flexibility index (Phi) is 10.0. The van der Waals surface area contributed by atoms with Crippen LogP contribution in [0.2, 0.25) is 0 Å². The van der Waals surface area contributed by atoms with Gasteiger partial charge in [0.15, 0.2) is 5.84 Å². The first kappa shape index (κ1) is 36.4. The van der Waals surface area contributed by atoms with Gasteiger partial charge in [-0.1, -0.05) is 224 Å². The first-order chi connectivity index (χ1) is 29.8. The fraction of sp³-hybridized carbons (Fsp3) is 0.0179. The molecule has 0 bridgehead atoms. The standard InChI is InChI=1S/C56H40N4/c1-7-20-40(21-8-1)50-49(51(41-22-9-2-10-23-41)53(44-26-13-4-14-27-44)57-52(50)43-24-11-3-12-25-43)42-36-34-39(35-37-42)47-32-19-33-48(38-47)56-59-54(45-28-15-5-16-29-45)58-55(60-56)46-30-17-6-18-31-46/h1-38,54H,(H,58,59,60). The smallest absolute Gasteiger partial charge is 0.159 e. The van der Waals surface area contributed by atoms with Crippen LogP contribution in [0.5, 0.6) is 0 Å². The maximum atomic E-state index is 5.59. The number of aliphatic imine (C=N–C) groups is 2. The second kappa shape index (κ2) is 16.5. The highest BCUT2D eigenvalue weighted by Gasteiger charge is 2.26. The molecule has 1 aliphatic rings. The molecule has 4 heteroatoms. The lowest BCUT2D eigenvalue weighted by Crippen LogP contribution is -2.33. The second-order valence-corrected chi connectivity index (χ2v) is 14.8. The molecule has 9 aromatic rings. The van der Waals surface area contributed by atoms with E-state index in [0.29, 0.717) is 5.84 Å². The van der Waals surface area contributed by atoms with Crippen molar-refractivity contribution >= 4 is 11.7 Å². The molecule has 1 N–H and O–H groups in total. The Labute approximate surface area is 351 Å². The normalized spacial score (nSPS) is 13.5. The molecule has 0 fully saturated rings. The number of pyridine rings is 1. The van der Waals surface area contributed by atoms with E-state index in [1.807, 2.05) is 36.4 Å². The summed E-state index contributed by atoms with van der Waals surface area (Å²) in [4.78, 5) is 15.7. The van der Waals surface area contributed by atoms with Crippen LogP contribution in [-0.2, 0) is 0 Å². The number of hydrogen-bond acceptors (Lipinski definition) is 4. The minimum Gasteiger partial charge on any atom is -0.344 e. The Hall–Kier alpha value is -7.95. The molecule has 284 valence electrons. The summed E-state index contributed by atoms with van der Waals surface area (Å²) in [6, 6.07) is 80.6. The van der Waals surface area contributed by atoms with Gasteiger partial charge in [0.05, 0.1) is 11.4 Å². The zero-order valence-electron chi connectivity index (χ0n) is 32.9. The van der Waals surface area contributed by atoms with Crippen molar-refractivity contribution in [3.05, 3.63) is 247 Å². The largest absolute Gasteiger partial charge is 0.344 e. The second-order valence-electron chi connectivity index (χ2n) is 14.8. The van der Waals surface area contributed by atoms with Crippen molar-refractivity contribution in [2.75, 3.05) is 0 Å². The van der Waals surface area contributed by atoms with Crippen molar-refractivity contribution in [3.63, 3.8) is 0 Å². The number of benzene rings is 8. The molecule has 0 saturated heterocycles. The predicted molar refractivity (Wildman–Crippen MR) is 249 cm³/mol. The summed E-state index contributed by atoms with van der Waals surface area (Å²) in [5.41, 5.74) is 15.9. The molecule has 0 amide bonds. The Balaban J connectivity index is 1.12. The molecule has 0 aliphatic carbocycles. The molecule has 10 rings (SSSR count). The van der Waals surface area contributed by atoms with Gasteiger partial charge in [0.2, 0.25) is 0 Å². The first-order valence-corrected chi connectivity index (χ1v) is 20.3. The zero-order valence-corrected chi connectivity index (χ0v) is 32.9. The lowest BCUT2D eigenvalue weighted by atomic mass is 9.83. The molecule has 60 heavy (non-hydrogen) atoms. The van der Waals surface area contributed by atoms with Gasteiger partial charge in [0.1, 0.15) is 12.0 Å². The van der Waals surface area contributed by atoms with Gasteiger partial charge in [-0.05, 0) is 39.4 Å². The van der Waals surface area contributed by atoms with E-state index in [4.69, 9.17) is 15.0 Å². The molecule has 4 nitrogen and oxygen atoms in total. The van der Waals surface area contributed by atoms with E-state index in [0.717, 1.165) is 89.5 Å². The SMILES string of the molecule is c1ccc(C2=NC(c3ccccc3)NC(c3cccc(-c4ccc(-c5c(-c6ccccc6)c(-c6ccccc6)nc(-c6ccccc6)c5-c5ccccc5)cc4)c3)=N2)cc1. The summed E-state index contributed by atoms with van der Waals surface area (Å²) in [6.45, 7) is 0. The number of aromatic nitrogens is 1. The third kappa shape index (κ3) is 7.34. The van der Waals surface area contributed by atoms with Crippen LogP contribution in [-0.4, -0.2) is 16.7 Å². The average Bonchev–Trinajstić information content (AvgIpc) is 3.35. The Morgan fingerprint density at radius 3 is 1.23 bits per heavy atom. The van der Waals surface area contributed by atoms with E-state index in [9.17, 15) is 0 Å². The minimum absolute atomic E-state index is 0.267. The number of nitrogens with one attached hydrogen (secondary N) is 1. The van der Waals surface area contributed by atoms with Crippen LogP contribution in [0.25, 0.3) is 67.0 Å². The maximum absolute atomic E-state index is 5.59. The summed E-state index contributed by atoms with van der Waals surface area (Å²) >= 11 is 0. The average molecular weight is 769 g/mol. The van der Waals surface area contributed by atoms with Crippen molar-refractivity contribution in [3.8, 4) is 67.0 Å². The molecular formula is C56H40N4. The Morgan fingerprint density at radius 1 is 0.317 bits per heavy atom. The Bertz CT molecular complexity index is 2850. The van der Waals surface area contributed by atoms with Crippen LogP contribution in [0.1, 0.15) is 22.9 Å². The van der Waals surface area contributed by atoms with E-state index in [1.165, 1.54) is 0 Å². The van der Waals surface area contributed by atoms with E-state index in [2.05, 4.69) is 199 Å². The number of rotatable bonds is 9. The minimum atomic E-state index is -0.267. The lowest BCUT2D eigenvalue weighted by molar-refractivity contribution is 0.674. The van der Waals surface area contributed by atoms with Gasteiger partial charge in [0.25, 0.3) is 0 Å². The van der Waals surface area contributed by atoms with Crippen LogP contribution in [0.15, 0.2) is 241 Å². The van der Waals surface area contributed by atoms with E-state index in [-0.39, 0.29) is 6.17 Å². The molecule has 1 aromatic heterocycles. The van der Waals surface area contributed by atoms with Gasteiger partial charge in [-0.2, -0.15) is 0 Å². The van der Waals surface area contributed by atoms with Crippen LogP contribution >= 0.6 is 0 Å². The van der Waals surface area contributed by atoms with Gasteiger partial charge in [-0.15, -0.1) is 0 Å². The van der Waals surface area contributed by atoms with E-state index < -0.39 is 0 Å². The van der Waals surface area contributed by atoms with E-state index in [1.54, 1.807) is 0 Å². The van der Waals surface area contributed by atoms with E-state index >= 15 is 0 Å². The third-order valence-electron chi connectivity index (χ3n) is 10.9. The molecule has 1 unspecified atom stereocenters. The maximum Gasteiger partial charge on any atom is 0.159 e. The van der Waals surface area contributed by atoms with Gasteiger partial charge >= 0.3 is 0 Å². The number of amidine groups is 2. The first-order valence-electron chi connectivity index (χ1n) is 20.3. The predicted octanol–water partition coefficient (Wildman–Crippen LogP) is 13.6. The fourth-order valence-electron chi connectivity index (χ4n) is 8.05. The van der Waals surface area contributed by atoms with Crippen molar-refractivity contribution in [2.24, 2.45) is 9.98 Å². The molecule has 1 atom stereocenters. The summed E-state index contributed by atoms with van der Waals surface area (Å²) in [7, 11) is 0. The third-order valence-corrected chi connectivity index (χ3v) is 10.9. The topological polar surface area (TPSA) is 49.6 Å². The summed E-state index contributed by atoms with van der Waals surface area (Å²) in [6.07, 6.45) is -0.267. The summed E-state index contributed by atoms with van der Waals surface area (Å²) < 4.78 is 0. The van der Waals surface area contributed by atoms with Gasteiger partial charge in [-0.3, -0.25) is 0 Å². The highest BCUT2D eigenvalue weighted by molar-refractivity contribution is 6.13. The summed E-state index contributed by atoms with van der Waals surface area (Å²) in [5.74, 6) is 1.49. The van der Waals surface area contributed by atoms with Crippen molar-refractivity contribution in [1.29, 1.82) is 0 Å². The van der Waals surface area contributed by atoms with Crippen LogP contribution in [0.3, 0.4) is 0 Å². The van der Waals surface area contributed by atoms with Crippen molar-refractivity contribution in [1.82, 2.24) is 10.3 Å². The van der Waals surface area contributed by atoms with Gasteiger partial charge < -0.3 is 5.32 Å². The van der Waals surface area contributed by atoms with Gasteiger partial charge in [0, 0.05) is 38.9 Å². The summed E-state index contributed by atoms with van der Waals surface area (Å²) in [5, 5.41) is 3.63. The number of nitrogens with zero attached hydrogens (tertiary/aromatic N) is 3. The monoisotopic (exact) mass is 768 g/mol. The molecule has 1 aliphatic heterocycles. The van der Waals surface area contributed by atoms with Gasteiger partial charge in [-0.25, -0.2) is 15.0 Å². The van der Waals surface area contributed by atoms with Crippen LogP contribution < -0.4 is 5.32 Å². The quantitative estimate of drug-likeness (QED) is 0.159. The Morgan fingerprint density at radius 2 is 0.717 bits per heavy atom. The molecule has 2 heterocycles. The molecule has 8 aromatic carbocycles. The van der Waals surface area contributed by atoms with Crippen molar-refractivity contribution in [2.45, 2.75) is 6.17 Å². The zero-order chi connectivity index (χ0) is 40.1. The molecule has 0 spiro atoms.